The van der Waals surface area contributed by atoms with Gasteiger partial charge >= 0.3 is 0 Å². The van der Waals surface area contributed by atoms with E-state index in [0.717, 1.165) is 27.0 Å². The fourth-order valence-corrected chi connectivity index (χ4v) is 2.27. The molecule has 5 heteroatoms. The van der Waals surface area contributed by atoms with Crippen LogP contribution >= 0.6 is 15.9 Å². The number of aromatic nitrogens is 3. The van der Waals surface area contributed by atoms with Crippen LogP contribution in [-0.2, 0) is 0 Å². The molecule has 0 radical (unpaired) electrons. The lowest BCUT2D eigenvalue weighted by atomic mass is 10.0. The van der Waals surface area contributed by atoms with Gasteiger partial charge in [0.05, 0.1) is 5.69 Å². The number of aromatic amines is 1. The summed E-state index contributed by atoms with van der Waals surface area (Å²) in [6, 6.07) is 10.1. The van der Waals surface area contributed by atoms with Gasteiger partial charge in [0.1, 0.15) is 10.4 Å². The molecule has 0 saturated heterocycles. The molecule has 94 valence electrons. The number of nitrogens with zero attached hydrogens (tertiary/aromatic N) is 2. The van der Waals surface area contributed by atoms with E-state index >= 15 is 0 Å². The lowest BCUT2D eigenvalue weighted by molar-refractivity contribution is 0.628. The number of halogens is 2. The minimum atomic E-state index is -0.257. The third-order valence-corrected chi connectivity index (χ3v) is 3.23. The van der Waals surface area contributed by atoms with Crippen molar-refractivity contribution < 1.29 is 4.39 Å². The first-order valence-corrected chi connectivity index (χ1v) is 6.45. The third-order valence-electron chi connectivity index (χ3n) is 2.80. The van der Waals surface area contributed by atoms with Crippen LogP contribution in [0.2, 0.25) is 0 Å². The van der Waals surface area contributed by atoms with Crippen LogP contribution in [0.1, 0.15) is 0 Å². The molecule has 2 aromatic heterocycles. The van der Waals surface area contributed by atoms with Crippen LogP contribution in [0.5, 0.6) is 0 Å². The van der Waals surface area contributed by atoms with E-state index in [1.807, 2.05) is 18.3 Å². The zero-order chi connectivity index (χ0) is 13.2. The first-order valence-electron chi connectivity index (χ1n) is 5.66. The Kier molecular flexibility index (Phi) is 3.13. The Labute approximate surface area is 117 Å². The number of H-pyrrole nitrogens is 1. The van der Waals surface area contributed by atoms with Gasteiger partial charge in [-0.25, -0.2) is 9.37 Å². The molecular weight excluding hydrogens is 309 g/mol. The molecule has 0 atom stereocenters. The molecule has 0 amide bonds. The van der Waals surface area contributed by atoms with Crippen molar-refractivity contribution in [2.24, 2.45) is 0 Å². The average molecular weight is 318 g/mol. The van der Waals surface area contributed by atoms with E-state index < -0.39 is 0 Å². The second-order valence-electron chi connectivity index (χ2n) is 4.02. The molecule has 2 heterocycles. The van der Waals surface area contributed by atoms with Crippen LogP contribution in [0.15, 0.2) is 53.4 Å². The highest BCUT2D eigenvalue weighted by atomic mass is 79.9. The first-order chi connectivity index (χ1) is 9.24. The number of hydrogen-bond acceptors (Lipinski definition) is 2. The topological polar surface area (TPSA) is 41.6 Å². The highest BCUT2D eigenvalue weighted by Gasteiger charge is 2.10. The summed E-state index contributed by atoms with van der Waals surface area (Å²) in [5.74, 6) is -0.257. The fraction of sp³-hybridized carbons (Fsp3) is 0. The van der Waals surface area contributed by atoms with Crippen molar-refractivity contribution in [1.82, 2.24) is 15.2 Å². The van der Waals surface area contributed by atoms with Crippen LogP contribution in [0.25, 0.3) is 22.4 Å². The predicted molar refractivity (Wildman–Crippen MR) is 74.9 cm³/mol. The number of hydrogen-bond donors (Lipinski definition) is 1. The monoisotopic (exact) mass is 317 g/mol. The molecule has 0 spiro atoms. The molecule has 0 saturated carbocycles. The van der Waals surface area contributed by atoms with Gasteiger partial charge in [0.25, 0.3) is 0 Å². The Morgan fingerprint density at radius 1 is 1.05 bits per heavy atom. The van der Waals surface area contributed by atoms with E-state index in [9.17, 15) is 4.39 Å². The number of pyridine rings is 1. The first kappa shape index (κ1) is 12.0. The summed E-state index contributed by atoms with van der Waals surface area (Å²) < 4.78 is 13.7. The van der Waals surface area contributed by atoms with E-state index in [-0.39, 0.29) is 5.82 Å². The van der Waals surface area contributed by atoms with Crippen LogP contribution in [0.4, 0.5) is 4.39 Å². The summed E-state index contributed by atoms with van der Waals surface area (Å²) in [4.78, 5) is 4.10. The Morgan fingerprint density at radius 2 is 1.84 bits per heavy atom. The summed E-state index contributed by atoms with van der Waals surface area (Å²) in [5, 5.41) is 7.09. The van der Waals surface area contributed by atoms with Crippen LogP contribution in [-0.4, -0.2) is 15.2 Å². The molecule has 3 nitrogen and oxygen atoms in total. The summed E-state index contributed by atoms with van der Waals surface area (Å²) in [7, 11) is 0. The quantitative estimate of drug-likeness (QED) is 0.725. The largest absolute Gasteiger partial charge is 0.284 e. The number of nitrogens with one attached hydrogen (secondary N) is 1. The van der Waals surface area contributed by atoms with Crippen LogP contribution in [0.3, 0.4) is 0 Å². The molecule has 3 aromatic rings. The van der Waals surface area contributed by atoms with E-state index in [0.29, 0.717) is 0 Å². The Hall–Kier alpha value is -2.01. The van der Waals surface area contributed by atoms with Crippen LogP contribution in [0, 0.1) is 5.82 Å². The van der Waals surface area contributed by atoms with Gasteiger partial charge in [0.15, 0.2) is 0 Å². The van der Waals surface area contributed by atoms with E-state index in [4.69, 9.17) is 0 Å². The molecule has 0 aliphatic heterocycles. The van der Waals surface area contributed by atoms with E-state index in [1.165, 1.54) is 12.1 Å². The van der Waals surface area contributed by atoms with Crippen molar-refractivity contribution >= 4 is 15.9 Å². The van der Waals surface area contributed by atoms with Gasteiger partial charge in [0.2, 0.25) is 0 Å². The average Bonchev–Trinajstić information content (AvgIpc) is 2.89. The molecule has 0 unspecified atom stereocenters. The highest BCUT2D eigenvalue weighted by Crippen LogP contribution is 2.30. The summed E-state index contributed by atoms with van der Waals surface area (Å²) in [6.07, 6.45) is 3.54. The SMILES string of the molecule is Fc1ccc(-c2n[nH]cc2-c2ccnc(Br)c2)cc1. The summed E-state index contributed by atoms with van der Waals surface area (Å²) in [6.45, 7) is 0. The van der Waals surface area contributed by atoms with Gasteiger partial charge in [-0.1, -0.05) is 0 Å². The summed E-state index contributed by atoms with van der Waals surface area (Å²) in [5.41, 5.74) is 3.60. The Balaban J connectivity index is 2.10. The fourth-order valence-electron chi connectivity index (χ4n) is 1.91. The Morgan fingerprint density at radius 3 is 2.58 bits per heavy atom. The normalized spacial score (nSPS) is 10.6. The van der Waals surface area contributed by atoms with Crippen molar-refractivity contribution in [3.05, 3.63) is 59.2 Å². The molecule has 0 aliphatic carbocycles. The maximum atomic E-state index is 13.0. The predicted octanol–water partition coefficient (Wildman–Crippen LogP) is 4.04. The molecule has 3 rings (SSSR count). The van der Waals surface area contributed by atoms with Gasteiger partial charge in [0, 0.05) is 23.5 Å². The molecular formula is C14H9BrFN3. The van der Waals surface area contributed by atoms with Gasteiger partial charge in [-0.3, -0.25) is 5.10 Å². The minimum Gasteiger partial charge on any atom is -0.284 e. The zero-order valence-electron chi connectivity index (χ0n) is 9.77. The zero-order valence-corrected chi connectivity index (χ0v) is 11.4. The molecule has 0 fully saturated rings. The minimum absolute atomic E-state index is 0.257. The van der Waals surface area contributed by atoms with Crippen molar-refractivity contribution in [2.75, 3.05) is 0 Å². The van der Waals surface area contributed by atoms with Gasteiger partial charge in [-0.05, 0) is 57.9 Å². The van der Waals surface area contributed by atoms with Crippen molar-refractivity contribution in [3.63, 3.8) is 0 Å². The van der Waals surface area contributed by atoms with Crippen molar-refractivity contribution in [1.29, 1.82) is 0 Å². The van der Waals surface area contributed by atoms with Gasteiger partial charge < -0.3 is 0 Å². The molecule has 19 heavy (non-hydrogen) atoms. The van der Waals surface area contributed by atoms with Gasteiger partial charge in [-0.15, -0.1) is 0 Å². The molecule has 1 N–H and O–H groups in total. The molecule has 1 aromatic carbocycles. The van der Waals surface area contributed by atoms with Gasteiger partial charge in [-0.2, -0.15) is 5.10 Å². The standard InChI is InChI=1S/C14H9BrFN3/c15-13-7-10(5-6-17-13)12-8-18-19-14(12)9-1-3-11(16)4-2-9/h1-8H,(H,18,19). The molecule has 0 aliphatic rings. The highest BCUT2D eigenvalue weighted by molar-refractivity contribution is 9.10. The lowest BCUT2D eigenvalue weighted by Crippen LogP contribution is -1.84. The smallest absolute Gasteiger partial charge is 0.123 e. The van der Waals surface area contributed by atoms with Crippen LogP contribution < -0.4 is 0 Å². The third kappa shape index (κ3) is 2.42. The van der Waals surface area contributed by atoms with Crippen molar-refractivity contribution in [3.8, 4) is 22.4 Å². The maximum Gasteiger partial charge on any atom is 0.123 e. The van der Waals surface area contributed by atoms with E-state index in [2.05, 4.69) is 31.1 Å². The second kappa shape index (κ2) is 4.93. The number of benzene rings is 1. The maximum absolute atomic E-state index is 13.0. The lowest BCUT2D eigenvalue weighted by Gasteiger charge is -2.03. The summed E-state index contributed by atoms with van der Waals surface area (Å²) >= 11 is 3.35. The van der Waals surface area contributed by atoms with Crippen molar-refractivity contribution in [2.45, 2.75) is 0 Å². The molecule has 0 bridgehead atoms. The Bertz CT molecular complexity index is 707. The second-order valence-corrected chi connectivity index (χ2v) is 4.83. The van der Waals surface area contributed by atoms with E-state index in [1.54, 1.807) is 18.3 Å². The number of rotatable bonds is 2.